The first-order valence-electron chi connectivity index (χ1n) is 14.7. The zero-order valence-corrected chi connectivity index (χ0v) is 27.8. The van der Waals surface area contributed by atoms with Crippen LogP contribution in [0.2, 0.25) is 10.0 Å². The number of anilines is 1. The Bertz CT molecular complexity index is 1720. The molecule has 2 unspecified atom stereocenters. The number of carbonyl (C=O) groups excluding carboxylic acids is 2. The number of benzene rings is 4. The Morgan fingerprint density at radius 1 is 0.844 bits per heavy atom. The molecule has 0 saturated heterocycles. The lowest BCUT2D eigenvalue weighted by atomic mass is 10.0. The van der Waals surface area contributed by atoms with E-state index in [0.717, 1.165) is 9.87 Å². The van der Waals surface area contributed by atoms with Gasteiger partial charge in [-0.15, -0.1) is 0 Å². The molecule has 0 spiro atoms. The summed E-state index contributed by atoms with van der Waals surface area (Å²) in [6, 6.07) is 28.2. The van der Waals surface area contributed by atoms with Gasteiger partial charge in [-0.1, -0.05) is 96.9 Å². The average molecular weight is 667 g/mol. The molecule has 0 heterocycles. The zero-order valence-electron chi connectivity index (χ0n) is 25.5. The van der Waals surface area contributed by atoms with E-state index >= 15 is 0 Å². The van der Waals surface area contributed by atoms with E-state index in [1.54, 1.807) is 61.5 Å². The second kappa shape index (κ2) is 15.4. The number of nitrogens with zero attached hydrogens (tertiary/aromatic N) is 2. The molecule has 236 valence electrons. The van der Waals surface area contributed by atoms with Crippen molar-refractivity contribution in [1.29, 1.82) is 0 Å². The Kier molecular flexibility index (Phi) is 11.7. The van der Waals surface area contributed by atoms with Gasteiger partial charge in [0.1, 0.15) is 12.6 Å². The van der Waals surface area contributed by atoms with Gasteiger partial charge in [0, 0.05) is 29.1 Å². The highest BCUT2D eigenvalue weighted by atomic mass is 35.5. The van der Waals surface area contributed by atoms with E-state index in [2.05, 4.69) is 5.32 Å². The molecule has 45 heavy (non-hydrogen) atoms. The Morgan fingerprint density at radius 2 is 1.47 bits per heavy atom. The fourth-order valence-electron chi connectivity index (χ4n) is 4.93. The van der Waals surface area contributed by atoms with Crippen LogP contribution >= 0.6 is 23.2 Å². The lowest BCUT2D eigenvalue weighted by Gasteiger charge is -2.34. The number of rotatable bonds is 13. The molecular formula is C35H37Cl2N3O4S. The monoisotopic (exact) mass is 665 g/mol. The van der Waals surface area contributed by atoms with Crippen LogP contribution in [0.4, 0.5) is 5.69 Å². The summed E-state index contributed by atoms with van der Waals surface area (Å²) in [6.45, 7) is 5.03. The molecule has 2 amide bonds. The summed E-state index contributed by atoms with van der Waals surface area (Å²) in [5, 5.41) is 3.87. The van der Waals surface area contributed by atoms with E-state index in [9.17, 15) is 18.0 Å². The van der Waals surface area contributed by atoms with Crippen LogP contribution in [0.15, 0.2) is 108 Å². The first-order valence-corrected chi connectivity index (χ1v) is 16.9. The van der Waals surface area contributed by atoms with Gasteiger partial charge in [0.2, 0.25) is 11.8 Å². The summed E-state index contributed by atoms with van der Waals surface area (Å²) >= 11 is 12.7. The van der Waals surface area contributed by atoms with E-state index in [1.165, 1.54) is 17.0 Å². The van der Waals surface area contributed by atoms with Crippen molar-refractivity contribution < 1.29 is 18.0 Å². The number of hydrogen-bond acceptors (Lipinski definition) is 4. The standard InChI is InChI=1S/C35H37Cl2N3O4S/c1-4-25(2)38-35(42)33(22-27-13-7-5-8-14-27)39(23-28-15-11-16-29(36)21-28)34(41)24-40(32-20-12-19-31(37)26(32)3)45(43,44)30-17-9-6-10-18-30/h5-21,25,33H,4,22-24H2,1-3H3,(H,38,42). The van der Waals surface area contributed by atoms with Crippen molar-refractivity contribution in [2.24, 2.45) is 0 Å². The minimum absolute atomic E-state index is 0.0221. The summed E-state index contributed by atoms with van der Waals surface area (Å²) < 4.78 is 29.4. The fourth-order valence-corrected chi connectivity index (χ4v) is 6.80. The summed E-state index contributed by atoms with van der Waals surface area (Å²) in [7, 11) is -4.22. The quantitative estimate of drug-likeness (QED) is 0.166. The predicted octanol–water partition coefficient (Wildman–Crippen LogP) is 7.05. The van der Waals surface area contributed by atoms with Gasteiger partial charge in [0.15, 0.2) is 0 Å². The lowest BCUT2D eigenvalue weighted by molar-refractivity contribution is -0.140. The third-order valence-electron chi connectivity index (χ3n) is 7.63. The van der Waals surface area contributed by atoms with Crippen LogP contribution in [0.25, 0.3) is 0 Å². The van der Waals surface area contributed by atoms with Crippen LogP contribution in [0.1, 0.15) is 37.0 Å². The Labute approximate surface area is 275 Å². The van der Waals surface area contributed by atoms with E-state index in [1.807, 2.05) is 50.2 Å². The van der Waals surface area contributed by atoms with Crippen molar-refractivity contribution in [3.05, 3.63) is 130 Å². The van der Waals surface area contributed by atoms with Gasteiger partial charge in [-0.2, -0.15) is 0 Å². The maximum absolute atomic E-state index is 14.6. The smallest absolute Gasteiger partial charge is 0.264 e. The molecule has 1 N–H and O–H groups in total. The van der Waals surface area contributed by atoms with Crippen molar-refractivity contribution >= 4 is 50.7 Å². The molecule has 0 aliphatic carbocycles. The van der Waals surface area contributed by atoms with Crippen molar-refractivity contribution in [3.8, 4) is 0 Å². The molecule has 4 rings (SSSR count). The first kappa shape index (κ1) is 34.0. The molecule has 7 nitrogen and oxygen atoms in total. The van der Waals surface area contributed by atoms with Crippen molar-refractivity contribution in [1.82, 2.24) is 10.2 Å². The Hall–Kier alpha value is -3.85. The summed E-state index contributed by atoms with van der Waals surface area (Å²) in [5.41, 5.74) is 2.32. The number of hydrogen-bond donors (Lipinski definition) is 1. The summed E-state index contributed by atoms with van der Waals surface area (Å²) in [5.74, 6) is -0.894. The van der Waals surface area contributed by atoms with E-state index < -0.39 is 28.5 Å². The van der Waals surface area contributed by atoms with Crippen LogP contribution < -0.4 is 9.62 Å². The minimum atomic E-state index is -4.22. The van der Waals surface area contributed by atoms with E-state index in [4.69, 9.17) is 23.2 Å². The van der Waals surface area contributed by atoms with Gasteiger partial charge in [-0.05, 0) is 73.4 Å². The number of halogens is 2. The highest BCUT2D eigenvalue weighted by molar-refractivity contribution is 7.92. The third-order valence-corrected chi connectivity index (χ3v) is 10.1. The molecule has 0 saturated carbocycles. The number of nitrogens with one attached hydrogen (secondary N) is 1. The molecule has 0 bridgehead atoms. The molecule has 2 atom stereocenters. The van der Waals surface area contributed by atoms with Crippen LogP contribution in [0.3, 0.4) is 0 Å². The highest BCUT2D eigenvalue weighted by Gasteiger charge is 2.35. The molecule has 0 radical (unpaired) electrons. The minimum Gasteiger partial charge on any atom is -0.352 e. The topological polar surface area (TPSA) is 86.8 Å². The molecule has 0 fully saturated rings. The number of amides is 2. The molecule has 0 aromatic heterocycles. The maximum atomic E-state index is 14.6. The fraction of sp³-hybridized carbons (Fsp3) is 0.257. The normalized spacial score (nSPS) is 12.6. The molecular weight excluding hydrogens is 629 g/mol. The van der Waals surface area contributed by atoms with E-state index in [-0.39, 0.29) is 35.5 Å². The van der Waals surface area contributed by atoms with Gasteiger partial charge in [0.25, 0.3) is 10.0 Å². The van der Waals surface area contributed by atoms with Crippen LogP contribution in [0.5, 0.6) is 0 Å². The van der Waals surface area contributed by atoms with Crippen molar-refractivity contribution in [2.75, 3.05) is 10.8 Å². The third kappa shape index (κ3) is 8.66. The molecule has 0 aliphatic heterocycles. The maximum Gasteiger partial charge on any atom is 0.264 e. The summed E-state index contributed by atoms with van der Waals surface area (Å²) in [6.07, 6.45) is 0.917. The number of sulfonamides is 1. The Balaban J connectivity index is 1.83. The van der Waals surface area contributed by atoms with Gasteiger partial charge in [-0.3, -0.25) is 13.9 Å². The zero-order chi connectivity index (χ0) is 32.6. The van der Waals surface area contributed by atoms with Gasteiger partial charge in [0.05, 0.1) is 10.6 Å². The van der Waals surface area contributed by atoms with Gasteiger partial charge < -0.3 is 10.2 Å². The van der Waals surface area contributed by atoms with Crippen molar-refractivity contribution in [3.63, 3.8) is 0 Å². The first-order chi connectivity index (χ1) is 21.5. The molecule has 0 aliphatic rings. The molecule has 4 aromatic carbocycles. The highest BCUT2D eigenvalue weighted by Crippen LogP contribution is 2.31. The number of carbonyl (C=O) groups is 2. The molecule has 4 aromatic rings. The molecule has 10 heteroatoms. The van der Waals surface area contributed by atoms with E-state index in [0.29, 0.717) is 27.6 Å². The van der Waals surface area contributed by atoms with Crippen molar-refractivity contribution in [2.45, 2.75) is 57.1 Å². The second-order valence-electron chi connectivity index (χ2n) is 10.9. The van der Waals surface area contributed by atoms with Crippen LogP contribution in [-0.2, 0) is 32.6 Å². The van der Waals surface area contributed by atoms with Crippen LogP contribution in [0, 0.1) is 6.92 Å². The van der Waals surface area contributed by atoms with Gasteiger partial charge >= 0.3 is 0 Å². The summed E-state index contributed by atoms with van der Waals surface area (Å²) in [4.78, 5) is 29.9. The SMILES string of the molecule is CCC(C)NC(=O)C(Cc1ccccc1)N(Cc1cccc(Cl)c1)C(=O)CN(c1cccc(Cl)c1C)S(=O)(=O)c1ccccc1. The van der Waals surface area contributed by atoms with Crippen LogP contribution in [-0.4, -0.2) is 43.8 Å². The lowest BCUT2D eigenvalue weighted by Crippen LogP contribution is -2.54. The second-order valence-corrected chi connectivity index (χ2v) is 13.6. The predicted molar refractivity (Wildman–Crippen MR) is 181 cm³/mol. The average Bonchev–Trinajstić information content (AvgIpc) is 3.03. The largest absolute Gasteiger partial charge is 0.352 e. The Morgan fingerprint density at radius 3 is 2.11 bits per heavy atom. The van der Waals surface area contributed by atoms with Gasteiger partial charge in [-0.25, -0.2) is 8.42 Å².